The highest BCUT2D eigenvalue weighted by atomic mass is 32.2. The molecule has 7 heteroatoms. The molecule has 98 valence electrons. The highest BCUT2D eigenvalue weighted by Gasteiger charge is 2.05. The number of aromatic amines is 1. The molecule has 0 aromatic carbocycles. The van der Waals surface area contributed by atoms with Crippen LogP contribution in [0.4, 0.5) is 0 Å². The van der Waals surface area contributed by atoms with Gasteiger partial charge in [0, 0.05) is 18.4 Å². The summed E-state index contributed by atoms with van der Waals surface area (Å²) in [4.78, 5) is 21.0. The topological polar surface area (TPSA) is 66.3 Å². The molecule has 2 rings (SSSR count). The fraction of sp³-hybridized carbons (Fsp3) is 0.545. The molecular weight excluding hydrogens is 250 g/mol. The van der Waals surface area contributed by atoms with Crippen molar-refractivity contribution in [1.82, 2.24) is 24.5 Å². The van der Waals surface area contributed by atoms with Gasteiger partial charge in [0.15, 0.2) is 10.8 Å². The monoisotopic (exact) mass is 267 g/mol. The highest BCUT2D eigenvalue weighted by molar-refractivity contribution is 7.99. The van der Waals surface area contributed by atoms with Crippen molar-refractivity contribution in [2.24, 2.45) is 0 Å². The van der Waals surface area contributed by atoms with Crippen LogP contribution in [-0.4, -0.2) is 49.9 Å². The van der Waals surface area contributed by atoms with E-state index in [9.17, 15) is 4.79 Å². The molecule has 0 spiro atoms. The number of hydrogen-bond acceptors (Lipinski definition) is 5. The molecular formula is C11H17N5OS. The fourth-order valence-electron chi connectivity index (χ4n) is 1.69. The molecule has 0 unspecified atom stereocenters. The van der Waals surface area contributed by atoms with Gasteiger partial charge in [0.25, 0.3) is 0 Å². The predicted molar refractivity (Wildman–Crippen MR) is 72.1 cm³/mol. The van der Waals surface area contributed by atoms with Crippen molar-refractivity contribution in [3.05, 3.63) is 22.7 Å². The van der Waals surface area contributed by atoms with Crippen molar-refractivity contribution in [2.75, 3.05) is 25.4 Å². The van der Waals surface area contributed by atoms with E-state index < -0.39 is 0 Å². The fourth-order valence-corrected chi connectivity index (χ4v) is 2.55. The third kappa shape index (κ3) is 2.91. The first-order valence-corrected chi connectivity index (χ1v) is 7.02. The zero-order valence-electron chi connectivity index (χ0n) is 10.6. The molecule has 0 atom stereocenters. The lowest BCUT2D eigenvalue weighted by Crippen LogP contribution is -2.25. The molecule has 18 heavy (non-hydrogen) atoms. The molecule has 0 fully saturated rings. The van der Waals surface area contributed by atoms with Gasteiger partial charge in [-0.05, 0) is 13.1 Å². The Hall–Kier alpha value is -1.34. The number of nitrogens with zero attached hydrogens (tertiary/aromatic N) is 4. The number of rotatable bonds is 6. The van der Waals surface area contributed by atoms with Gasteiger partial charge < -0.3 is 4.90 Å². The molecule has 0 saturated heterocycles. The Morgan fingerprint density at radius 1 is 1.44 bits per heavy atom. The molecule has 2 heterocycles. The lowest BCUT2D eigenvalue weighted by atomic mass is 10.5. The Morgan fingerprint density at radius 2 is 2.22 bits per heavy atom. The van der Waals surface area contributed by atoms with Gasteiger partial charge in [0.2, 0.25) is 0 Å². The summed E-state index contributed by atoms with van der Waals surface area (Å²) in [7, 11) is 0. The first-order valence-electron chi connectivity index (χ1n) is 6.03. The second-order valence-electron chi connectivity index (χ2n) is 3.82. The summed E-state index contributed by atoms with van der Waals surface area (Å²) in [6.07, 6.45) is 1.57. The van der Waals surface area contributed by atoms with E-state index in [0.717, 1.165) is 25.4 Å². The van der Waals surface area contributed by atoms with Crippen LogP contribution in [0, 0.1) is 0 Å². The van der Waals surface area contributed by atoms with Crippen LogP contribution in [0.15, 0.2) is 22.2 Å². The average molecular weight is 267 g/mol. The smallest absolute Gasteiger partial charge is 0.303 e. The van der Waals surface area contributed by atoms with Crippen molar-refractivity contribution in [1.29, 1.82) is 0 Å². The van der Waals surface area contributed by atoms with Crippen LogP contribution in [-0.2, 0) is 0 Å². The number of fused-ring (bicyclic) bond motifs is 1. The van der Waals surface area contributed by atoms with E-state index in [1.165, 1.54) is 4.52 Å². The lowest BCUT2D eigenvalue weighted by Gasteiger charge is -2.16. The van der Waals surface area contributed by atoms with Crippen molar-refractivity contribution < 1.29 is 0 Å². The van der Waals surface area contributed by atoms with E-state index in [0.29, 0.717) is 10.8 Å². The molecule has 0 aliphatic heterocycles. The van der Waals surface area contributed by atoms with Crippen molar-refractivity contribution in [3.8, 4) is 0 Å². The molecule has 0 radical (unpaired) electrons. The maximum absolute atomic E-state index is 11.7. The third-order valence-corrected chi connectivity index (χ3v) is 3.64. The standard InChI is InChI=1S/C11H17N5OS/c1-3-15(4-2)7-8-18-10-13-9-5-6-12-16(9)11(17)14-10/h5-6H,3-4,7-8H2,1-2H3,(H,13,14,17). The van der Waals surface area contributed by atoms with Crippen molar-refractivity contribution >= 4 is 17.4 Å². The van der Waals surface area contributed by atoms with Crippen LogP contribution in [0.25, 0.3) is 5.65 Å². The SMILES string of the molecule is CCN(CC)CCSc1nc2ccnn2c(=O)[nH]1. The van der Waals surface area contributed by atoms with Crippen LogP contribution in [0.5, 0.6) is 0 Å². The molecule has 2 aromatic rings. The summed E-state index contributed by atoms with van der Waals surface area (Å²) in [6.45, 7) is 7.37. The summed E-state index contributed by atoms with van der Waals surface area (Å²) in [5, 5.41) is 4.54. The van der Waals surface area contributed by atoms with E-state index in [2.05, 4.69) is 33.8 Å². The molecule has 0 saturated carbocycles. The minimum absolute atomic E-state index is 0.240. The van der Waals surface area contributed by atoms with Crippen molar-refractivity contribution in [3.63, 3.8) is 0 Å². The quantitative estimate of drug-likeness (QED) is 0.786. The third-order valence-electron chi connectivity index (χ3n) is 2.79. The summed E-state index contributed by atoms with van der Waals surface area (Å²) >= 11 is 1.56. The Balaban J connectivity index is 2.01. The Bertz CT molecular complexity index is 560. The van der Waals surface area contributed by atoms with Gasteiger partial charge in [-0.15, -0.1) is 0 Å². The summed E-state index contributed by atoms with van der Waals surface area (Å²) in [5.74, 6) is 0.912. The van der Waals surface area contributed by atoms with Crippen LogP contribution < -0.4 is 5.69 Å². The van der Waals surface area contributed by atoms with Gasteiger partial charge in [0.1, 0.15) is 0 Å². The minimum Gasteiger partial charge on any atom is -0.303 e. The molecule has 0 bridgehead atoms. The van der Waals surface area contributed by atoms with E-state index in [1.54, 1.807) is 24.0 Å². The largest absolute Gasteiger partial charge is 0.350 e. The number of H-pyrrole nitrogens is 1. The second kappa shape index (κ2) is 6.01. The van der Waals surface area contributed by atoms with Crippen LogP contribution in [0.2, 0.25) is 0 Å². The first kappa shape index (κ1) is 13.1. The van der Waals surface area contributed by atoms with Crippen LogP contribution in [0.1, 0.15) is 13.8 Å². The molecule has 6 nitrogen and oxygen atoms in total. The molecule has 0 aliphatic rings. The van der Waals surface area contributed by atoms with Gasteiger partial charge in [-0.1, -0.05) is 25.6 Å². The Labute approximate surface area is 109 Å². The predicted octanol–water partition coefficient (Wildman–Crippen LogP) is 0.851. The normalized spacial score (nSPS) is 11.5. The second-order valence-corrected chi connectivity index (χ2v) is 4.91. The molecule has 0 amide bonds. The van der Waals surface area contributed by atoms with Crippen LogP contribution in [0.3, 0.4) is 0 Å². The zero-order valence-corrected chi connectivity index (χ0v) is 11.4. The lowest BCUT2D eigenvalue weighted by molar-refractivity contribution is 0.324. The van der Waals surface area contributed by atoms with Gasteiger partial charge in [-0.3, -0.25) is 4.98 Å². The van der Waals surface area contributed by atoms with E-state index in [4.69, 9.17) is 0 Å². The first-order chi connectivity index (χ1) is 8.74. The minimum atomic E-state index is -0.240. The van der Waals surface area contributed by atoms with E-state index in [1.807, 2.05) is 0 Å². The molecule has 1 N–H and O–H groups in total. The van der Waals surface area contributed by atoms with Gasteiger partial charge in [0.05, 0.1) is 6.20 Å². The zero-order chi connectivity index (χ0) is 13.0. The number of thioether (sulfide) groups is 1. The number of nitrogens with one attached hydrogen (secondary N) is 1. The highest BCUT2D eigenvalue weighted by Crippen LogP contribution is 2.11. The summed E-state index contributed by atoms with van der Waals surface area (Å²) in [6, 6.07) is 1.73. The number of aromatic nitrogens is 4. The van der Waals surface area contributed by atoms with Gasteiger partial charge >= 0.3 is 5.69 Å². The summed E-state index contributed by atoms with van der Waals surface area (Å²) in [5.41, 5.74) is 0.347. The maximum Gasteiger partial charge on any atom is 0.350 e. The van der Waals surface area contributed by atoms with E-state index >= 15 is 0 Å². The summed E-state index contributed by atoms with van der Waals surface area (Å²) < 4.78 is 1.26. The number of hydrogen-bond donors (Lipinski definition) is 1. The Kier molecular flexibility index (Phi) is 4.38. The van der Waals surface area contributed by atoms with E-state index in [-0.39, 0.29) is 5.69 Å². The Morgan fingerprint density at radius 3 is 2.94 bits per heavy atom. The van der Waals surface area contributed by atoms with Gasteiger partial charge in [-0.2, -0.15) is 9.61 Å². The maximum atomic E-state index is 11.7. The van der Waals surface area contributed by atoms with Crippen LogP contribution >= 0.6 is 11.8 Å². The molecule has 2 aromatic heterocycles. The average Bonchev–Trinajstić information content (AvgIpc) is 2.83. The molecule has 0 aliphatic carbocycles. The van der Waals surface area contributed by atoms with Gasteiger partial charge in [-0.25, -0.2) is 9.78 Å². The van der Waals surface area contributed by atoms with Crippen molar-refractivity contribution in [2.45, 2.75) is 19.0 Å².